The lowest BCUT2D eigenvalue weighted by atomic mass is 10.1. The van der Waals surface area contributed by atoms with Gasteiger partial charge in [0, 0.05) is 24.9 Å². The Labute approximate surface area is 144 Å². The fraction of sp³-hybridized carbons (Fsp3) is 0.333. The molecule has 0 spiro atoms. The Balaban J connectivity index is 1.46. The molecular weight excluding hydrogens is 320 g/mol. The number of rotatable bonds is 4. The first-order chi connectivity index (χ1) is 11.7. The molecule has 4 rings (SSSR count). The molecule has 6 heteroatoms. The number of benzene rings is 1. The molecule has 0 radical (unpaired) electrons. The molecule has 3 heterocycles. The number of nitrogens with zero attached hydrogens (tertiary/aromatic N) is 2. The maximum atomic E-state index is 9.62. The van der Waals surface area contributed by atoms with Crippen LogP contribution in [0, 0.1) is 6.92 Å². The molecule has 1 saturated heterocycles. The van der Waals surface area contributed by atoms with E-state index in [2.05, 4.69) is 44.5 Å². The highest BCUT2D eigenvalue weighted by Crippen LogP contribution is 2.27. The third-order valence-corrected chi connectivity index (χ3v) is 5.42. The van der Waals surface area contributed by atoms with E-state index in [0.29, 0.717) is 6.54 Å². The topological polar surface area (TPSA) is 73.8 Å². The van der Waals surface area contributed by atoms with E-state index in [1.54, 1.807) is 11.3 Å². The standard InChI is InChI=1S/C18H20N4OS/c1-11-17(24-10-21-11)13-4-2-12(3-5-13)6-14-8-20-18(22-14)16-7-15(23)9-19-16/h2-5,8,10,15-16,19,23H,6-7,9H2,1H3,(H,20,22)/t15-,16+/m1/s1. The van der Waals surface area contributed by atoms with Crippen LogP contribution in [0.3, 0.4) is 0 Å². The molecule has 1 aromatic carbocycles. The van der Waals surface area contributed by atoms with E-state index in [-0.39, 0.29) is 12.1 Å². The minimum atomic E-state index is -0.272. The van der Waals surface area contributed by atoms with Gasteiger partial charge in [0.25, 0.3) is 0 Å². The minimum Gasteiger partial charge on any atom is -0.392 e. The predicted octanol–water partition coefficient (Wildman–Crippen LogP) is 2.83. The van der Waals surface area contributed by atoms with Crippen LogP contribution in [0.4, 0.5) is 0 Å². The summed E-state index contributed by atoms with van der Waals surface area (Å²) < 4.78 is 0. The molecule has 2 aromatic heterocycles. The molecule has 124 valence electrons. The summed E-state index contributed by atoms with van der Waals surface area (Å²) in [5.41, 5.74) is 6.52. The third-order valence-electron chi connectivity index (χ3n) is 4.44. The van der Waals surface area contributed by atoms with Crippen LogP contribution < -0.4 is 5.32 Å². The average Bonchev–Trinajstić information content (AvgIpc) is 3.30. The van der Waals surface area contributed by atoms with Gasteiger partial charge in [-0.1, -0.05) is 24.3 Å². The number of H-pyrrole nitrogens is 1. The summed E-state index contributed by atoms with van der Waals surface area (Å²) in [6.07, 6.45) is 3.16. The van der Waals surface area contributed by atoms with Crippen LogP contribution in [0.5, 0.6) is 0 Å². The van der Waals surface area contributed by atoms with Crippen molar-refractivity contribution < 1.29 is 5.11 Å². The second kappa shape index (κ2) is 6.47. The Morgan fingerprint density at radius 2 is 2.08 bits per heavy atom. The van der Waals surface area contributed by atoms with Gasteiger partial charge < -0.3 is 15.4 Å². The van der Waals surface area contributed by atoms with E-state index < -0.39 is 0 Å². The lowest BCUT2D eigenvalue weighted by molar-refractivity contribution is 0.193. The summed E-state index contributed by atoms with van der Waals surface area (Å²) in [5.74, 6) is 0.915. The number of aromatic amines is 1. The summed E-state index contributed by atoms with van der Waals surface area (Å²) in [4.78, 5) is 13.4. The van der Waals surface area contributed by atoms with E-state index >= 15 is 0 Å². The molecule has 3 N–H and O–H groups in total. The third kappa shape index (κ3) is 3.13. The van der Waals surface area contributed by atoms with Gasteiger partial charge in [0.1, 0.15) is 5.82 Å². The van der Waals surface area contributed by atoms with Crippen molar-refractivity contribution >= 4 is 11.3 Å². The second-order valence-corrected chi connectivity index (χ2v) is 7.14. The van der Waals surface area contributed by atoms with Crippen LogP contribution in [-0.2, 0) is 6.42 Å². The van der Waals surface area contributed by atoms with Gasteiger partial charge in [-0.05, 0) is 24.5 Å². The SMILES string of the molecule is Cc1ncsc1-c1ccc(Cc2cnc([C@@H]3C[C@@H](O)CN3)[nH]2)cc1. The number of aliphatic hydroxyl groups excluding tert-OH is 1. The number of thiazole rings is 1. The van der Waals surface area contributed by atoms with Gasteiger partial charge in [0.15, 0.2) is 0 Å². The summed E-state index contributed by atoms with van der Waals surface area (Å²) >= 11 is 1.68. The monoisotopic (exact) mass is 340 g/mol. The number of nitrogens with one attached hydrogen (secondary N) is 2. The summed E-state index contributed by atoms with van der Waals surface area (Å²) in [6.45, 7) is 2.68. The summed E-state index contributed by atoms with van der Waals surface area (Å²) in [5, 5.41) is 12.9. The molecule has 0 aliphatic carbocycles. The molecule has 1 aliphatic heterocycles. The molecule has 1 fully saturated rings. The molecule has 5 nitrogen and oxygen atoms in total. The van der Waals surface area contributed by atoms with E-state index in [1.165, 1.54) is 16.0 Å². The van der Waals surface area contributed by atoms with Gasteiger partial charge in [-0.25, -0.2) is 9.97 Å². The highest BCUT2D eigenvalue weighted by atomic mass is 32.1. The van der Waals surface area contributed by atoms with Gasteiger partial charge in [-0.3, -0.25) is 0 Å². The van der Waals surface area contributed by atoms with E-state index in [1.807, 2.05) is 18.6 Å². The number of hydrogen-bond acceptors (Lipinski definition) is 5. The number of hydrogen-bond donors (Lipinski definition) is 3. The molecule has 0 bridgehead atoms. The molecule has 0 amide bonds. The first-order valence-corrected chi connectivity index (χ1v) is 9.01. The Morgan fingerprint density at radius 3 is 2.75 bits per heavy atom. The Hall–Kier alpha value is -2.02. The van der Waals surface area contributed by atoms with Crippen molar-refractivity contribution in [3.05, 3.63) is 58.7 Å². The normalized spacial score (nSPS) is 20.6. The lowest BCUT2D eigenvalue weighted by Crippen LogP contribution is -2.15. The molecular formula is C18H20N4OS. The number of aryl methyl sites for hydroxylation is 1. The van der Waals surface area contributed by atoms with Crippen LogP contribution >= 0.6 is 11.3 Å². The zero-order valence-electron chi connectivity index (χ0n) is 13.5. The van der Waals surface area contributed by atoms with Gasteiger partial charge >= 0.3 is 0 Å². The first-order valence-electron chi connectivity index (χ1n) is 8.13. The minimum absolute atomic E-state index is 0.130. The number of β-amino-alcohol motifs (C(OH)–C–C–N with tert-alkyl or cyclic N) is 1. The van der Waals surface area contributed by atoms with Crippen LogP contribution in [0.15, 0.2) is 36.0 Å². The van der Waals surface area contributed by atoms with Crippen LogP contribution in [0.1, 0.15) is 35.2 Å². The van der Waals surface area contributed by atoms with Gasteiger partial charge in [0.2, 0.25) is 0 Å². The van der Waals surface area contributed by atoms with Gasteiger partial charge in [0.05, 0.1) is 28.2 Å². The maximum Gasteiger partial charge on any atom is 0.123 e. The fourth-order valence-electron chi connectivity index (χ4n) is 3.14. The average molecular weight is 340 g/mol. The van der Waals surface area contributed by atoms with Crippen molar-refractivity contribution in [2.45, 2.75) is 31.9 Å². The van der Waals surface area contributed by atoms with Gasteiger partial charge in [-0.15, -0.1) is 11.3 Å². The van der Waals surface area contributed by atoms with E-state index in [0.717, 1.165) is 30.1 Å². The van der Waals surface area contributed by atoms with Crippen LogP contribution in [0.2, 0.25) is 0 Å². The van der Waals surface area contributed by atoms with Crippen molar-refractivity contribution in [3.8, 4) is 10.4 Å². The molecule has 0 unspecified atom stereocenters. The molecule has 0 saturated carbocycles. The predicted molar refractivity (Wildman–Crippen MR) is 95.0 cm³/mol. The fourth-order valence-corrected chi connectivity index (χ4v) is 3.95. The highest BCUT2D eigenvalue weighted by Gasteiger charge is 2.25. The summed E-state index contributed by atoms with van der Waals surface area (Å²) in [7, 11) is 0. The number of aliphatic hydroxyl groups is 1. The quantitative estimate of drug-likeness (QED) is 0.683. The molecule has 2 atom stereocenters. The van der Waals surface area contributed by atoms with Crippen LogP contribution in [-0.4, -0.2) is 32.7 Å². The Morgan fingerprint density at radius 1 is 1.25 bits per heavy atom. The number of imidazole rings is 1. The van der Waals surface area contributed by atoms with Crippen LogP contribution in [0.25, 0.3) is 10.4 Å². The van der Waals surface area contributed by atoms with Crippen molar-refractivity contribution in [2.75, 3.05) is 6.54 Å². The Bertz CT molecular complexity index is 824. The van der Waals surface area contributed by atoms with Crippen molar-refractivity contribution in [2.24, 2.45) is 0 Å². The largest absolute Gasteiger partial charge is 0.392 e. The lowest BCUT2D eigenvalue weighted by Gasteiger charge is -2.06. The Kier molecular flexibility index (Phi) is 4.18. The van der Waals surface area contributed by atoms with Crippen molar-refractivity contribution in [1.29, 1.82) is 0 Å². The molecule has 1 aliphatic rings. The molecule has 3 aromatic rings. The smallest absolute Gasteiger partial charge is 0.123 e. The zero-order chi connectivity index (χ0) is 16.5. The first kappa shape index (κ1) is 15.5. The maximum absolute atomic E-state index is 9.62. The zero-order valence-corrected chi connectivity index (χ0v) is 14.3. The van der Waals surface area contributed by atoms with E-state index in [9.17, 15) is 5.11 Å². The molecule has 24 heavy (non-hydrogen) atoms. The second-order valence-electron chi connectivity index (χ2n) is 6.28. The van der Waals surface area contributed by atoms with Crippen molar-refractivity contribution in [1.82, 2.24) is 20.3 Å². The summed E-state index contributed by atoms with van der Waals surface area (Å²) in [6, 6.07) is 8.76. The van der Waals surface area contributed by atoms with E-state index in [4.69, 9.17) is 0 Å². The number of aromatic nitrogens is 3. The highest BCUT2D eigenvalue weighted by molar-refractivity contribution is 7.13. The van der Waals surface area contributed by atoms with Crippen molar-refractivity contribution in [3.63, 3.8) is 0 Å². The van der Waals surface area contributed by atoms with Gasteiger partial charge in [-0.2, -0.15) is 0 Å².